The Morgan fingerprint density at radius 3 is 2.62 bits per heavy atom. The van der Waals surface area contributed by atoms with Crippen LogP contribution in [0.4, 0.5) is 0 Å². The number of halogens is 1. The van der Waals surface area contributed by atoms with Gasteiger partial charge in [0.25, 0.3) is 0 Å². The maximum absolute atomic E-state index is 8.94. The number of nitrogens with two attached hydrogens (primary N) is 1. The maximum Gasteiger partial charge on any atom is 0.147 e. The van der Waals surface area contributed by atoms with E-state index in [1.54, 1.807) is 0 Å². The molecule has 1 unspecified atom stereocenters. The Balaban J connectivity index is 2.00. The number of hydrogen-bond donors (Lipinski definition) is 3. The number of nitrogens with zero attached hydrogens (tertiary/aromatic N) is 1. The molecule has 0 saturated carbocycles. The summed E-state index contributed by atoms with van der Waals surface area (Å²) in [5.74, 6) is 0.0233. The first-order chi connectivity index (χ1) is 10.2. The Morgan fingerprint density at radius 2 is 1.95 bits per heavy atom. The van der Waals surface area contributed by atoms with Gasteiger partial charge in [0.15, 0.2) is 0 Å². The number of amidine groups is 1. The van der Waals surface area contributed by atoms with Crippen molar-refractivity contribution in [2.75, 3.05) is 6.54 Å². The summed E-state index contributed by atoms with van der Waals surface area (Å²) in [5, 5.41) is 16.1. The summed E-state index contributed by atoms with van der Waals surface area (Å²) < 4.78 is 0. The molecule has 0 aliphatic heterocycles. The predicted octanol–water partition coefficient (Wildman–Crippen LogP) is 2.96. The quantitative estimate of drug-likeness (QED) is 0.332. The summed E-state index contributed by atoms with van der Waals surface area (Å²) in [4.78, 5) is 0. The van der Waals surface area contributed by atoms with E-state index in [2.05, 4.69) is 10.5 Å². The molecule has 1 atom stereocenters. The van der Waals surface area contributed by atoms with Crippen molar-refractivity contribution in [2.24, 2.45) is 10.9 Å². The minimum Gasteiger partial charge on any atom is -0.409 e. The summed E-state index contributed by atoms with van der Waals surface area (Å²) >= 11 is 5.96. The molecule has 0 aromatic heterocycles. The van der Waals surface area contributed by atoms with Crippen LogP contribution >= 0.6 is 11.6 Å². The molecule has 5 heteroatoms. The van der Waals surface area contributed by atoms with Gasteiger partial charge in [0.05, 0.1) is 5.92 Å². The lowest BCUT2D eigenvalue weighted by Gasteiger charge is -2.17. The van der Waals surface area contributed by atoms with Crippen molar-refractivity contribution in [1.29, 1.82) is 0 Å². The third-order valence-electron chi connectivity index (χ3n) is 3.24. The average molecular weight is 304 g/mol. The van der Waals surface area contributed by atoms with Crippen LogP contribution < -0.4 is 11.1 Å². The van der Waals surface area contributed by atoms with Crippen LogP contribution in [0.1, 0.15) is 17.0 Å². The molecule has 4 N–H and O–H groups in total. The van der Waals surface area contributed by atoms with Gasteiger partial charge in [0, 0.05) is 18.1 Å². The summed E-state index contributed by atoms with van der Waals surface area (Å²) in [6.07, 6.45) is 0. The van der Waals surface area contributed by atoms with Crippen molar-refractivity contribution >= 4 is 17.4 Å². The Bertz CT molecular complexity index is 601. The van der Waals surface area contributed by atoms with Gasteiger partial charge in [-0.2, -0.15) is 0 Å². The van der Waals surface area contributed by atoms with Crippen LogP contribution in [-0.4, -0.2) is 17.6 Å². The summed E-state index contributed by atoms with van der Waals surface area (Å²) in [7, 11) is 0. The van der Waals surface area contributed by atoms with Gasteiger partial charge in [0.2, 0.25) is 0 Å². The summed E-state index contributed by atoms with van der Waals surface area (Å²) in [5.41, 5.74) is 7.89. The fourth-order valence-electron chi connectivity index (χ4n) is 2.16. The van der Waals surface area contributed by atoms with Gasteiger partial charge in [0.1, 0.15) is 5.84 Å². The summed E-state index contributed by atoms with van der Waals surface area (Å²) in [6, 6.07) is 17.4. The Labute approximate surface area is 129 Å². The Kier molecular flexibility index (Phi) is 5.60. The maximum atomic E-state index is 8.94. The highest BCUT2D eigenvalue weighted by atomic mass is 35.5. The second-order valence-electron chi connectivity index (χ2n) is 4.75. The largest absolute Gasteiger partial charge is 0.409 e. The van der Waals surface area contributed by atoms with Crippen LogP contribution in [0.25, 0.3) is 0 Å². The lowest BCUT2D eigenvalue weighted by Crippen LogP contribution is -2.31. The fraction of sp³-hybridized carbons (Fsp3) is 0.188. The highest BCUT2D eigenvalue weighted by Crippen LogP contribution is 2.15. The van der Waals surface area contributed by atoms with Gasteiger partial charge in [-0.1, -0.05) is 59.2 Å². The molecule has 0 radical (unpaired) electrons. The van der Waals surface area contributed by atoms with Crippen LogP contribution in [0, 0.1) is 0 Å². The third-order valence-corrected chi connectivity index (χ3v) is 3.48. The van der Waals surface area contributed by atoms with E-state index in [4.69, 9.17) is 22.5 Å². The van der Waals surface area contributed by atoms with E-state index in [0.717, 1.165) is 11.1 Å². The van der Waals surface area contributed by atoms with Crippen LogP contribution in [0.5, 0.6) is 0 Å². The van der Waals surface area contributed by atoms with Gasteiger partial charge < -0.3 is 16.3 Å². The van der Waals surface area contributed by atoms with Crippen LogP contribution in [-0.2, 0) is 6.54 Å². The molecule has 2 rings (SSSR count). The second kappa shape index (κ2) is 7.67. The molecule has 0 spiro atoms. The van der Waals surface area contributed by atoms with Crippen molar-refractivity contribution in [2.45, 2.75) is 12.5 Å². The second-order valence-corrected chi connectivity index (χ2v) is 5.19. The number of benzene rings is 2. The Morgan fingerprint density at radius 1 is 1.19 bits per heavy atom. The molecule has 0 bridgehead atoms. The zero-order valence-corrected chi connectivity index (χ0v) is 12.3. The van der Waals surface area contributed by atoms with Gasteiger partial charge >= 0.3 is 0 Å². The normalized spacial score (nSPS) is 13.1. The average Bonchev–Trinajstić information content (AvgIpc) is 2.52. The van der Waals surface area contributed by atoms with E-state index in [9.17, 15) is 0 Å². The number of oxime groups is 1. The molecule has 0 aliphatic rings. The highest BCUT2D eigenvalue weighted by Gasteiger charge is 2.15. The predicted molar refractivity (Wildman–Crippen MR) is 85.8 cm³/mol. The topological polar surface area (TPSA) is 70.6 Å². The monoisotopic (exact) mass is 303 g/mol. The van der Waals surface area contributed by atoms with Gasteiger partial charge in [-0.25, -0.2) is 0 Å². The van der Waals surface area contributed by atoms with Crippen molar-refractivity contribution < 1.29 is 5.21 Å². The first-order valence-electron chi connectivity index (χ1n) is 6.68. The van der Waals surface area contributed by atoms with Crippen molar-refractivity contribution in [3.05, 3.63) is 70.7 Å². The molecule has 2 aromatic carbocycles. The standard InChI is InChI=1S/C16H18ClN3O/c17-14-8-4-5-12(9-14)10-19-11-15(16(18)20-21)13-6-2-1-3-7-13/h1-9,15,19,21H,10-11H2,(H2,18,20). The summed E-state index contributed by atoms with van der Waals surface area (Å²) in [6.45, 7) is 1.25. The van der Waals surface area contributed by atoms with Crippen molar-refractivity contribution in [1.82, 2.24) is 5.32 Å². The number of hydrogen-bond acceptors (Lipinski definition) is 3. The SMILES string of the molecule is NC(=NO)C(CNCc1cccc(Cl)c1)c1ccccc1. The molecular formula is C16H18ClN3O. The lowest BCUT2D eigenvalue weighted by atomic mass is 9.98. The minimum atomic E-state index is -0.171. The van der Waals surface area contributed by atoms with Gasteiger partial charge in [-0.3, -0.25) is 0 Å². The van der Waals surface area contributed by atoms with E-state index in [-0.39, 0.29) is 11.8 Å². The van der Waals surface area contributed by atoms with Gasteiger partial charge in [-0.15, -0.1) is 0 Å². The van der Waals surface area contributed by atoms with E-state index < -0.39 is 0 Å². The van der Waals surface area contributed by atoms with E-state index >= 15 is 0 Å². The minimum absolute atomic E-state index is 0.171. The number of nitrogens with one attached hydrogen (secondary N) is 1. The third kappa shape index (κ3) is 4.48. The molecule has 0 heterocycles. The zero-order chi connectivity index (χ0) is 15.1. The molecule has 110 valence electrons. The van der Waals surface area contributed by atoms with E-state index in [1.807, 2.05) is 54.6 Å². The molecule has 0 saturated heterocycles. The van der Waals surface area contributed by atoms with Crippen LogP contribution in [0.2, 0.25) is 5.02 Å². The van der Waals surface area contributed by atoms with Crippen molar-refractivity contribution in [3.8, 4) is 0 Å². The number of rotatable bonds is 6. The zero-order valence-electron chi connectivity index (χ0n) is 11.5. The molecule has 21 heavy (non-hydrogen) atoms. The lowest BCUT2D eigenvalue weighted by molar-refractivity contribution is 0.315. The molecule has 2 aromatic rings. The van der Waals surface area contributed by atoms with Crippen molar-refractivity contribution in [3.63, 3.8) is 0 Å². The van der Waals surface area contributed by atoms with Gasteiger partial charge in [-0.05, 0) is 23.3 Å². The molecule has 0 aliphatic carbocycles. The van der Waals surface area contributed by atoms with Crippen LogP contribution in [0.15, 0.2) is 59.8 Å². The molecular weight excluding hydrogens is 286 g/mol. The highest BCUT2D eigenvalue weighted by molar-refractivity contribution is 6.30. The smallest absolute Gasteiger partial charge is 0.147 e. The van der Waals surface area contributed by atoms with E-state index in [1.165, 1.54) is 0 Å². The van der Waals surface area contributed by atoms with E-state index in [0.29, 0.717) is 18.1 Å². The van der Waals surface area contributed by atoms with Crippen LogP contribution in [0.3, 0.4) is 0 Å². The first-order valence-corrected chi connectivity index (χ1v) is 7.06. The molecule has 0 amide bonds. The first kappa shape index (κ1) is 15.4. The molecule has 0 fully saturated rings. The Hall–Kier alpha value is -2.04. The molecule has 4 nitrogen and oxygen atoms in total. The fourth-order valence-corrected chi connectivity index (χ4v) is 2.37.